The summed E-state index contributed by atoms with van der Waals surface area (Å²) >= 11 is 0. The van der Waals surface area contributed by atoms with Crippen molar-refractivity contribution in [2.24, 2.45) is 7.05 Å². The van der Waals surface area contributed by atoms with Crippen LogP contribution in [0.2, 0.25) is 0 Å². The molecule has 0 unspecified atom stereocenters. The molecule has 0 atom stereocenters. The van der Waals surface area contributed by atoms with Gasteiger partial charge in [0.05, 0.1) is 11.3 Å². The minimum absolute atomic E-state index is 0.317. The van der Waals surface area contributed by atoms with Crippen LogP contribution in [0.4, 0.5) is 5.69 Å². The lowest BCUT2D eigenvalue weighted by Crippen LogP contribution is -2.14. The number of nitrogens with zero attached hydrogens (tertiary/aromatic N) is 3. The maximum atomic E-state index is 12.0. The highest BCUT2D eigenvalue weighted by molar-refractivity contribution is 6.03. The number of carbonyl (C=O) groups excluding carboxylic acids is 1. The molecule has 19 heavy (non-hydrogen) atoms. The van der Waals surface area contributed by atoms with Crippen molar-refractivity contribution in [2.75, 3.05) is 5.32 Å². The molecular weight excluding hydrogens is 240 g/mol. The number of benzene rings is 1. The van der Waals surface area contributed by atoms with Crippen LogP contribution < -0.4 is 5.32 Å². The third-order valence-corrected chi connectivity index (χ3v) is 2.79. The molecule has 1 heterocycles. The second kappa shape index (κ2) is 4.94. The first-order chi connectivity index (χ1) is 9.01. The number of amides is 1. The molecule has 1 aromatic heterocycles. The molecule has 1 amide bonds. The van der Waals surface area contributed by atoms with Crippen LogP contribution in [0.1, 0.15) is 27.2 Å². The molecule has 0 fully saturated rings. The molecule has 96 valence electrons. The second-order valence-electron chi connectivity index (χ2n) is 4.44. The fourth-order valence-corrected chi connectivity index (χ4v) is 1.94. The number of hydrogen-bond acceptors (Lipinski definition) is 3. The van der Waals surface area contributed by atoms with Gasteiger partial charge in [-0.15, -0.1) is 0 Å². The van der Waals surface area contributed by atoms with Crippen LogP contribution in [0, 0.1) is 25.2 Å². The number of rotatable bonds is 2. The zero-order chi connectivity index (χ0) is 14.0. The van der Waals surface area contributed by atoms with Gasteiger partial charge in [0.2, 0.25) is 0 Å². The van der Waals surface area contributed by atoms with Crippen molar-refractivity contribution in [3.8, 4) is 6.07 Å². The highest BCUT2D eigenvalue weighted by atomic mass is 16.1. The molecule has 5 nitrogen and oxygen atoms in total. The number of nitrogens with one attached hydrogen (secondary N) is 1. The number of aromatic nitrogens is 2. The molecule has 2 rings (SSSR count). The molecule has 1 N–H and O–H groups in total. The van der Waals surface area contributed by atoms with E-state index in [0.717, 1.165) is 11.1 Å². The maximum Gasteiger partial charge on any atom is 0.276 e. The quantitative estimate of drug-likeness (QED) is 0.892. The average molecular weight is 254 g/mol. The van der Waals surface area contributed by atoms with Crippen molar-refractivity contribution in [3.63, 3.8) is 0 Å². The molecule has 0 aliphatic rings. The van der Waals surface area contributed by atoms with E-state index in [-0.39, 0.29) is 5.91 Å². The van der Waals surface area contributed by atoms with Crippen LogP contribution in [-0.2, 0) is 7.05 Å². The van der Waals surface area contributed by atoms with Crippen molar-refractivity contribution < 1.29 is 4.79 Å². The summed E-state index contributed by atoms with van der Waals surface area (Å²) in [7, 11) is 1.74. The fourth-order valence-electron chi connectivity index (χ4n) is 1.94. The smallest absolute Gasteiger partial charge is 0.276 e. The van der Waals surface area contributed by atoms with E-state index in [1.165, 1.54) is 0 Å². The Labute approximate surface area is 111 Å². The predicted octanol–water partition coefficient (Wildman–Crippen LogP) is 2.16. The Hall–Kier alpha value is -2.61. The zero-order valence-corrected chi connectivity index (χ0v) is 11.1. The van der Waals surface area contributed by atoms with Crippen LogP contribution >= 0.6 is 0 Å². The van der Waals surface area contributed by atoms with Gasteiger partial charge in [0.15, 0.2) is 5.69 Å². The first-order valence-electron chi connectivity index (χ1n) is 5.83. The summed E-state index contributed by atoms with van der Waals surface area (Å²) in [6, 6.07) is 7.44. The highest BCUT2D eigenvalue weighted by Gasteiger charge is 2.13. The van der Waals surface area contributed by atoms with Gasteiger partial charge in [0, 0.05) is 13.2 Å². The third kappa shape index (κ3) is 2.63. The fraction of sp³-hybridized carbons (Fsp3) is 0.214. The van der Waals surface area contributed by atoms with Crippen LogP contribution in [0.5, 0.6) is 0 Å². The molecule has 5 heteroatoms. The van der Waals surface area contributed by atoms with E-state index in [4.69, 9.17) is 5.26 Å². The van der Waals surface area contributed by atoms with E-state index in [0.29, 0.717) is 16.9 Å². The number of anilines is 1. The summed E-state index contributed by atoms with van der Waals surface area (Å²) in [6.45, 7) is 3.77. The van der Waals surface area contributed by atoms with Crippen molar-refractivity contribution >= 4 is 11.6 Å². The number of nitriles is 1. The van der Waals surface area contributed by atoms with E-state index in [1.807, 2.05) is 19.9 Å². The summed E-state index contributed by atoms with van der Waals surface area (Å²) in [5, 5.41) is 15.9. The molecule has 2 aromatic rings. The minimum Gasteiger partial charge on any atom is -0.319 e. The Morgan fingerprint density at radius 1 is 1.42 bits per heavy atom. The largest absolute Gasteiger partial charge is 0.319 e. The standard InChI is InChI=1S/C14H14N4O/c1-9-6-10(2)11(8-15)13(7-9)16-14(19)12-4-5-18(3)17-12/h4-7H,1-3H3,(H,16,19). The van der Waals surface area contributed by atoms with E-state index in [2.05, 4.69) is 16.5 Å². The van der Waals surface area contributed by atoms with Crippen LogP contribution in [0.15, 0.2) is 24.4 Å². The summed E-state index contributed by atoms with van der Waals surface area (Å²) in [5.74, 6) is -0.317. The van der Waals surface area contributed by atoms with E-state index in [9.17, 15) is 4.79 Å². The second-order valence-corrected chi connectivity index (χ2v) is 4.44. The highest BCUT2D eigenvalue weighted by Crippen LogP contribution is 2.21. The molecule has 0 aliphatic heterocycles. The van der Waals surface area contributed by atoms with Crippen LogP contribution in [0.3, 0.4) is 0 Å². The van der Waals surface area contributed by atoms with Gasteiger partial charge in [-0.05, 0) is 37.1 Å². The van der Waals surface area contributed by atoms with Crippen molar-refractivity contribution in [1.29, 1.82) is 5.26 Å². The molecule has 0 saturated carbocycles. The minimum atomic E-state index is -0.317. The Kier molecular flexibility index (Phi) is 3.34. The summed E-state index contributed by atoms with van der Waals surface area (Å²) in [6.07, 6.45) is 1.70. The van der Waals surface area contributed by atoms with Gasteiger partial charge in [-0.25, -0.2) is 0 Å². The summed E-state index contributed by atoms with van der Waals surface area (Å²) < 4.78 is 1.56. The van der Waals surface area contributed by atoms with E-state index in [1.54, 1.807) is 30.1 Å². The van der Waals surface area contributed by atoms with Crippen molar-refractivity contribution in [1.82, 2.24) is 9.78 Å². The number of carbonyl (C=O) groups is 1. The Bertz CT molecular complexity index is 679. The zero-order valence-electron chi connectivity index (χ0n) is 11.1. The topological polar surface area (TPSA) is 70.7 Å². The van der Waals surface area contributed by atoms with Gasteiger partial charge < -0.3 is 5.32 Å². The normalized spacial score (nSPS) is 10.0. The number of aryl methyl sites for hydroxylation is 3. The van der Waals surface area contributed by atoms with Gasteiger partial charge in [0.25, 0.3) is 5.91 Å². The van der Waals surface area contributed by atoms with E-state index >= 15 is 0 Å². The predicted molar refractivity (Wildman–Crippen MR) is 71.8 cm³/mol. The molecule has 0 bridgehead atoms. The molecular formula is C14H14N4O. The maximum absolute atomic E-state index is 12.0. The van der Waals surface area contributed by atoms with Gasteiger partial charge in [-0.2, -0.15) is 10.4 Å². The van der Waals surface area contributed by atoms with Crippen molar-refractivity contribution in [3.05, 3.63) is 46.8 Å². The van der Waals surface area contributed by atoms with E-state index < -0.39 is 0 Å². The monoisotopic (exact) mass is 254 g/mol. The van der Waals surface area contributed by atoms with Gasteiger partial charge in [0.1, 0.15) is 6.07 Å². The number of hydrogen-bond donors (Lipinski definition) is 1. The first kappa shape index (κ1) is 12.8. The Morgan fingerprint density at radius 2 is 2.16 bits per heavy atom. The lowest BCUT2D eigenvalue weighted by molar-refractivity contribution is 0.102. The van der Waals surface area contributed by atoms with Gasteiger partial charge >= 0.3 is 0 Å². The van der Waals surface area contributed by atoms with Crippen molar-refractivity contribution in [2.45, 2.75) is 13.8 Å². The molecule has 1 aromatic carbocycles. The van der Waals surface area contributed by atoms with Gasteiger partial charge in [-0.3, -0.25) is 9.48 Å². The van der Waals surface area contributed by atoms with Crippen LogP contribution in [0.25, 0.3) is 0 Å². The van der Waals surface area contributed by atoms with Gasteiger partial charge in [-0.1, -0.05) is 6.07 Å². The lowest BCUT2D eigenvalue weighted by atomic mass is 10.0. The average Bonchev–Trinajstić information content (AvgIpc) is 2.75. The third-order valence-electron chi connectivity index (χ3n) is 2.79. The lowest BCUT2D eigenvalue weighted by Gasteiger charge is -2.09. The Morgan fingerprint density at radius 3 is 2.74 bits per heavy atom. The molecule has 0 saturated heterocycles. The Balaban J connectivity index is 2.34. The molecule has 0 radical (unpaired) electrons. The summed E-state index contributed by atoms with van der Waals surface area (Å²) in [5.41, 5.74) is 3.17. The first-order valence-corrected chi connectivity index (χ1v) is 5.83. The summed E-state index contributed by atoms with van der Waals surface area (Å²) in [4.78, 5) is 12.0. The molecule has 0 spiro atoms. The SMILES string of the molecule is Cc1cc(C)c(C#N)c(NC(=O)c2ccn(C)n2)c1. The van der Waals surface area contributed by atoms with Crippen LogP contribution in [-0.4, -0.2) is 15.7 Å². The molecule has 0 aliphatic carbocycles.